The molecule has 0 spiro atoms. The summed E-state index contributed by atoms with van der Waals surface area (Å²) >= 11 is 1.26. The molecule has 2 N–H and O–H groups in total. The van der Waals surface area contributed by atoms with Crippen LogP contribution in [0.15, 0.2) is 17.3 Å². The Hall–Kier alpha value is -2.95. The molecule has 33 heavy (non-hydrogen) atoms. The van der Waals surface area contributed by atoms with Crippen LogP contribution in [0.2, 0.25) is 0 Å². The van der Waals surface area contributed by atoms with E-state index in [9.17, 15) is 9.59 Å². The number of nitrogens with one attached hydrogen (secondary N) is 2. The van der Waals surface area contributed by atoms with Gasteiger partial charge < -0.3 is 19.5 Å². The topological polar surface area (TPSA) is 117 Å². The molecule has 0 atom stereocenters. The van der Waals surface area contributed by atoms with Crippen molar-refractivity contribution in [3.63, 3.8) is 0 Å². The average Bonchev–Trinajstić information content (AvgIpc) is 3.26. The summed E-state index contributed by atoms with van der Waals surface area (Å²) in [5, 5.41) is 14.4. The average molecular weight is 478 g/mol. The smallest absolute Gasteiger partial charge is 0.321 e. The van der Waals surface area contributed by atoms with E-state index >= 15 is 0 Å². The maximum atomic E-state index is 12.2. The number of carbonyl (C=O) groups is 2. The number of urea groups is 1. The van der Waals surface area contributed by atoms with Crippen molar-refractivity contribution in [2.75, 3.05) is 33.6 Å². The van der Waals surface area contributed by atoms with Gasteiger partial charge in [0.05, 0.1) is 27.1 Å². The molecule has 1 aromatic heterocycles. The second kappa shape index (κ2) is 11.8. The highest BCUT2D eigenvalue weighted by Crippen LogP contribution is 2.42. The van der Waals surface area contributed by atoms with Crippen molar-refractivity contribution in [3.05, 3.63) is 12.1 Å². The van der Waals surface area contributed by atoms with Crippen LogP contribution < -0.4 is 24.8 Å². The van der Waals surface area contributed by atoms with Gasteiger partial charge in [-0.15, -0.1) is 10.2 Å². The molecule has 1 fully saturated rings. The van der Waals surface area contributed by atoms with E-state index in [-0.39, 0.29) is 11.8 Å². The van der Waals surface area contributed by atoms with E-state index in [0.29, 0.717) is 34.8 Å². The van der Waals surface area contributed by atoms with Crippen molar-refractivity contribution >= 4 is 23.7 Å². The fraction of sp³-hybridized carbons (Fsp3) is 0.545. The van der Waals surface area contributed by atoms with Gasteiger partial charge in [0.2, 0.25) is 11.7 Å². The molecule has 0 unspecified atom stereocenters. The van der Waals surface area contributed by atoms with Crippen LogP contribution in [0.4, 0.5) is 4.79 Å². The maximum Gasteiger partial charge on any atom is 0.321 e. The summed E-state index contributed by atoms with van der Waals surface area (Å²) in [6.07, 6.45) is 5.47. The number of amides is 3. The molecule has 1 aliphatic rings. The Bertz CT molecular complexity index is 949. The molecule has 180 valence electrons. The summed E-state index contributed by atoms with van der Waals surface area (Å²) in [5.41, 5.74) is 0.779. The first-order valence-corrected chi connectivity index (χ1v) is 12.0. The van der Waals surface area contributed by atoms with Gasteiger partial charge in [0.25, 0.3) is 0 Å². The Labute approximate surface area is 197 Å². The number of benzene rings is 1. The third-order valence-electron chi connectivity index (χ3n) is 5.45. The third-order valence-corrected chi connectivity index (χ3v) is 6.39. The summed E-state index contributed by atoms with van der Waals surface area (Å²) in [4.78, 5) is 23.8. The highest BCUT2D eigenvalue weighted by atomic mass is 32.2. The van der Waals surface area contributed by atoms with Gasteiger partial charge >= 0.3 is 6.03 Å². The Balaban J connectivity index is 1.94. The number of thioether (sulfide) groups is 1. The van der Waals surface area contributed by atoms with Crippen molar-refractivity contribution in [3.8, 4) is 28.6 Å². The molecule has 0 radical (unpaired) electrons. The van der Waals surface area contributed by atoms with Crippen LogP contribution in [0.5, 0.6) is 17.2 Å². The van der Waals surface area contributed by atoms with Gasteiger partial charge in [-0.2, -0.15) is 0 Å². The number of ether oxygens (including phenoxy) is 3. The summed E-state index contributed by atoms with van der Waals surface area (Å²) in [5.74, 6) is 1.90. The normalized spacial score (nSPS) is 13.9. The molecule has 1 aliphatic carbocycles. The Morgan fingerprint density at radius 2 is 1.73 bits per heavy atom. The highest BCUT2D eigenvalue weighted by molar-refractivity contribution is 7.99. The number of methoxy groups -OCH3 is 3. The lowest BCUT2D eigenvalue weighted by Gasteiger charge is -2.26. The van der Waals surface area contributed by atoms with Crippen molar-refractivity contribution in [2.24, 2.45) is 0 Å². The quantitative estimate of drug-likeness (QED) is 0.528. The zero-order chi connectivity index (χ0) is 23.8. The summed E-state index contributed by atoms with van der Waals surface area (Å²) in [6.45, 7) is 2.23. The second-order valence-electron chi connectivity index (χ2n) is 7.58. The minimum absolute atomic E-state index is 0.0528. The van der Waals surface area contributed by atoms with Gasteiger partial charge in [-0.25, -0.2) is 4.79 Å². The van der Waals surface area contributed by atoms with Crippen molar-refractivity contribution < 1.29 is 23.8 Å². The lowest BCUT2D eigenvalue weighted by molar-refractivity contribution is -0.117. The van der Waals surface area contributed by atoms with E-state index in [0.717, 1.165) is 31.2 Å². The molecule has 1 saturated carbocycles. The lowest BCUT2D eigenvalue weighted by atomic mass is 9.95. The molecule has 10 nitrogen and oxygen atoms in total. The van der Waals surface area contributed by atoms with Gasteiger partial charge in [0.1, 0.15) is 0 Å². The van der Waals surface area contributed by atoms with Crippen LogP contribution in [0.3, 0.4) is 0 Å². The van der Waals surface area contributed by atoms with Gasteiger partial charge in [-0.1, -0.05) is 31.0 Å². The summed E-state index contributed by atoms with van der Waals surface area (Å²) in [6, 6.07) is 3.41. The molecule has 3 amide bonds. The zero-order valence-corrected chi connectivity index (χ0v) is 20.3. The number of hydrogen-bond acceptors (Lipinski definition) is 8. The van der Waals surface area contributed by atoms with E-state index in [1.165, 1.54) is 18.2 Å². The number of hydrogen-bond donors (Lipinski definition) is 2. The highest BCUT2D eigenvalue weighted by Gasteiger charge is 2.26. The first-order chi connectivity index (χ1) is 16.0. The van der Waals surface area contributed by atoms with E-state index in [4.69, 9.17) is 14.2 Å². The van der Waals surface area contributed by atoms with Gasteiger partial charge in [0, 0.05) is 18.2 Å². The Kier molecular flexibility index (Phi) is 8.81. The van der Waals surface area contributed by atoms with Crippen LogP contribution in [-0.4, -0.2) is 60.3 Å². The fourth-order valence-corrected chi connectivity index (χ4v) is 4.75. The summed E-state index contributed by atoms with van der Waals surface area (Å²) < 4.78 is 18.6. The fourth-order valence-electron chi connectivity index (χ4n) is 3.95. The van der Waals surface area contributed by atoms with Crippen LogP contribution in [-0.2, 0) is 4.79 Å². The number of aromatic nitrogens is 3. The molecule has 0 aliphatic heterocycles. The van der Waals surface area contributed by atoms with Crippen molar-refractivity contribution in [1.29, 1.82) is 0 Å². The first kappa shape index (κ1) is 24.7. The van der Waals surface area contributed by atoms with Crippen LogP contribution in [0, 0.1) is 0 Å². The van der Waals surface area contributed by atoms with Crippen molar-refractivity contribution in [2.45, 2.75) is 50.2 Å². The SMILES string of the molecule is CCNC(=O)NC(=O)CSc1nnc(-c2cc(OC)c(OC)c(OC)c2)n1C1CCCCC1. The van der Waals surface area contributed by atoms with Gasteiger partial charge in [0.15, 0.2) is 22.5 Å². The van der Waals surface area contributed by atoms with Crippen LogP contribution in [0.25, 0.3) is 11.4 Å². The number of rotatable bonds is 9. The van der Waals surface area contributed by atoms with E-state index < -0.39 is 11.9 Å². The third kappa shape index (κ3) is 5.89. The minimum atomic E-state index is -0.505. The molecule has 2 aromatic rings. The Morgan fingerprint density at radius 1 is 1.06 bits per heavy atom. The number of carbonyl (C=O) groups excluding carboxylic acids is 2. The second-order valence-corrected chi connectivity index (χ2v) is 8.52. The maximum absolute atomic E-state index is 12.2. The molecule has 1 aromatic carbocycles. The predicted octanol–water partition coefficient (Wildman–Crippen LogP) is 3.41. The van der Waals surface area contributed by atoms with Crippen LogP contribution >= 0.6 is 11.8 Å². The molecule has 1 heterocycles. The molecule has 3 rings (SSSR count). The standard InChI is InChI=1S/C22H31N5O5S/c1-5-23-21(29)24-18(28)13-33-22-26-25-20(27(22)15-9-7-6-8-10-15)14-11-16(30-2)19(32-4)17(12-14)31-3/h11-12,15H,5-10,13H2,1-4H3,(H2,23,24,28,29). The molecular formula is C22H31N5O5S. The summed E-state index contributed by atoms with van der Waals surface area (Å²) in [7, 11) is 4.70. The Morgan fingerprint density at radius 3 is 2.30 bits per heavy atom. The molecular weight excluding hydrogens is 446 g/mol. The zero-order valence-electron chi connectivity index (χ0n) is 19.5. The van der Waals surface area contributed by atoms with Gasteiger partial charge in [-0.3, -0.25) is 14.7 Å². The van der Waals surface area contributed by atoms with E-state index in [1.807, 2.05) is 12.1 Å². The monoisotopic (exact) mass is 477 g/mol. The van der Waals surface area contributed by atoms with E-state index in [2.05, 4.69) is 25.4 Å². The molecule has 11 heteroatoms. The molecule has 0 saturated heterocycles. The van der Waals surface area contributed by atoms with E-state index in [1.54, 1.807) is 28.3 Å². The number of imide groups is 1. The lowest BCUT2D eigenvalue weighted by Crippen LogP contribution is -2.40. The number of nitrogens with zero attached hydrogens (tertiary/aromatic N) is 3. The van der Waals surface area contributed by atoms with Gasteiger partial charge in [-0.05, 0) is 31.9 Å². The van der Waals surface area contributed by atoms with Crippen molar-refractivity contribution in [1.82, 2.24) is 25.4 Å². The largest absolute Gasteiger partial charge is 0.493 e. The van der Waals surface area contributed by atoms with Crippen LogP contribution in [0.1, 0.15) is 45.1 Å². The predicted molar refractivity (Wildman–Crippen MR) is 125 cm³/mol. The first-order valence-electron chi connectivity index (χ1n) is 11.0. The minimum Gasteiger partial charge on any atom is -0.493 e. The molecule has 0 bridgehead atoms.